The Balaban J connectivity index is 1.68. The van der Waals surface area contributed by atoms with Crippen molar-refractivity contribution in [2.45, 2.75) is 0 Å². The summed E-state index contributed by atoms with van der Waals surface area (Å²) in [5.41, 5.74) is 1.87. The van der Waals surface area contributed by atoms with Crippen LogP contribution in [-0.2, 0) is 4.74 Å². The lowest BCUT2D eigenvalue weighted by Crippen LogP contribution is -2.14. The molecule has 2 amide bonds. The molecule has 0 saturated heterocycles. The Kier molecular flexibility index (Phi) is 5.63. The van der Waals surface area contributed by atoms with Crippen LogP contribution >= 0.6 is 11.3 Å². The Morgan fingerprint density at radius 2 is 1.56 bits per heavy atom. The summed E-state index contributed by atoms with van der Waals surface area (Å²) in [5.74, 6) is -0.990. The van der Waals surface area contributed by atoms with E-state index in [2.05, 4.69) is 15.4 Å². The molecule has 7 heteroatoms. The lowest BCUT2D eigenvalue weighted by atomic mass is 10.1. The van der Waals surface area contributed by atoms with Crippen molar-refractivity contribution in [2.24, 2.45) is 0 Å². The fraction of sp³-hybridized carbons (Fsp3) is 0.0500. The molecule has 27 heavy (non-hydrogen) atoms. The van der Waals surface area contributed by atoms with Crippen molar-refractivity contribution in [1.82, 2.24) is 0 Å². The van der Waals surface area contributed by atoms with Gasteiger partial charge in [-0.2, -0.15) is 0 Å². The Labute approximate surface area is 159 Å². The number of amides is 2. The molecular weight excluding hydrogens is 364 g/mol. The standard InChI is InChI=1S/C20H16N2O4S/c1-26-20(25)13-7-9-15(10-8-13)21-18(23)14-4-2-5-16(12-14)22-19(24)17-6-3-11-27-17/h2-12H,1H3,(H,21,23)(H,22,24). The summed E-state index contributed by atoms with van der Waals surface area (Å²) in [5, 5.41) is 7.34. The van der Waals surface area contributed by atoms with Crippen molar-refractivity contribution in [2.75, 3.05) is 17.7 Å². The van der Waals surface area contributed by atoms with Crippen molar-refractivity contribution < 1.29 is 19.1 Å². The number of hydrogen-bond acceptors (Lipinski definition) is 5. The fourth-order valence-electron chi connectivity index (χ4n) is 2.35. The first kappa shape index (κ1) is 18.3. The first-order chi connectivity index (χ1) is 13.1. The molecule has 0 aliphatic heterocycles. The van der Waals surface area contributed by atoms with Gasteiger partial charge in [-0.15, -0.1) is 11.3 Å². The molecule has 0 spiro atoms. The zero-order chi connectivity index (χ0) is 19.2. The maximum atomic E-state index is 12.4. The van der Waals surface area contributed by atoms with E-state index < -0.39 is 5.97 Å². The zero-order valence-corrected chi connectivity index (χ0v) is 15.2. The van der Waals surface area contributed by atoms with Crippen LogP contribution in [0.25, 0.3) is 0 Å². The molecule has 0 atom stereocenters. The SMILES string of the molecule is COC(=O)c1ccc(NC(=O)c2cccc(NC(=O)c3cccs3)c2)cc1. The van der Waals surface area contributed by atoms with Gasteiger partial charge in [-0.1, -0.05) is 12.1 Å². The Bertz CT molecular complexity index is 966. The van der Waals surface area contributed by atoms with Gasteiger partial charge in [-0.25, -0.2) is 4.79 Å². The molecule has 2 aromatic carbocycles. The average Bonchev–Trinajstić information content (AvgIpc) is 3.23. The third kappa shape index (κ3) is 4.59. The van der Waals surface area contributed by atoms with E-state index in [1.165, 1.54) is 18.4 Å². The molecule has 136 valence electrons. The first-order valence-electron chi connectivity index (χ1n) is 8.01. The van der Waals surface area contributed by atoms with Crippen LogP contribution in [0.2, 0.25) is 0 Å². The van der Waals surface area contributed by atoms with Gasteiger partial charge >= 0.3 is 5.97 Å². The molecule has 3 rings (SSSR count). The van der Waals surface area contributed by atoms with Crippen LogP contribution in [0.4, 0.5) is 11.4 Å². The van der Waals surface area contributed by atoms with Crippen molar-refractivity contribution in [1.29, 1.82) is 0 Å². The number of methoxy groups -OCH3 is 1. The van der Waals surface area contributed by atoms with Gasteiger partial charge in [0.1, 0.15) is 0 Å². The molecular formula is C20H16N2O4S. The van der Waals surface area contributed by atoms with Gasteiger partial charge < -0.3 is 15.4 Å². The van der Waals surface area contributed by atoms with E-state index >= 15 is 0 Å². The van der Waals surface area contributed by atoms with E-state index in [4.69, 9.17) is 0 Å². The maximum Gasteiger partial charge on any atom is 0.337 e. The smallest absolute Gasteiger partial charge is 0.337 e. The molecule has 0 aliphatic rings. The number of benzene rings is 2. The molecule has 0 radical (unpaired) electrons. The number of hydrogen-bond donors (Lipinski definition) is 2. The summed E-state index contributed by atoms with van der Waals surface area (Å²) in [6.07, 6.45) is 0. The Hall–Kier alpha value is -3.45. The molecule has 0 unspecified atom stereocenters. The second-order valence-corrected chi connectivity index (χ2v) is 6.48. The summed E-state index contributed by atoms with van der Waals surface area (Å²) < 4.78 is 4.64. The van der Waals surface area contributed by atoms with Gasteiger partial charge in [-0.3, -0.25) is 9.59 Å². The van der Waals surface area contributed by atoms with Gasteiger partial charge in [0.25, 0.3) is 11.8 Å². The van der Waals surface area contributed by atoms with E-state index in [9.17, 15) is 14.4 Å². The molecule has 0 bridgehead atoms. The van der Waals surface area contributed by atoms with Crippen LogP contribution in [0, 0.1) is 0 Å². The van der Waals surface area contributed by atoms with Gasteiger partial charge in [0, 0.05) is 16.9 Å². The summed E-state index contributed by atoms with van der Waals surface area (Å²) in [4.78, 5) is 36.6. The third-order valence-electron chi connectivity index (χ3n) is 3.69. The predicted molar refractivity (Wildman–Crippen MR) is 104 cm³/mol. The van der Waals surface area contributed by atoms with Crippen molar-refractivity contribution in [3.8, 4) is 0 Å². The molecule has 1 heterocycles. The average molecular weight is 380 g/mol. The number of carbonyl (C=O) groups excluding carboxylic acids is 3. The van der Waals surface area contributed by atoms with Gasteiger partial charge in [0.2, 0.25) is 0 Å². The number of thiophene rings is 1. The predicted octanol–water partition coefficient (Wildman–Crippen LogP) is 4.04. The number of nitrogens with one attached hydrogen (secondary N) is 2. The fourth-order valence-corrected chi connectivity index (χ4v) is 2.97. The summed E-state index contributed by atoms with van der Waals surface area (Å²) in [6, 6.07) is 16.6. The first-order valence-corrected chi connectivity index (χ1v) is 8.89. The second-order valence-electron chi connectivity index (χ2n) is 5.54. The minimum atomic E-state index is -0.443. The normalized spacial score (nSPS) is 10.1. The van der Waals surface area contributed by atoms with Crippen LogP contribution < -0.4 is 10.6 Å². The highest BCUT2D eigenvalue weighted by Crippen LogP contribution is 2.17. The van der Waals surface area contributed by atoms with Gasteiger partial charge in [-0.05, 0) is 53.9 Å². The van der Waals surface area contributed by atoms with Crippen molar-refractivity contribution in [3.63, 3.8) is 0 Å². The molecule has 0 saturated carbocycles. The van der Waals surface area contributed by atoms with Crippen LogP contribution in [0.3, 0.4) is 0 Å². The van der Waals surface area contributed by atoms with E-state index in [-0.39, 0.29) is 11.8 Å². The number of ether oxygens (including phenoxy) is 1. The lowest BCUT2D eigenvalue weighted by Gasteiger charge is -2.08. The lowest BCUT2D eigenvalue weighted by molar-refractivity contribution is 0.0600. The summed E-state index contributed by atoms with van der Waals surface area (Å²) >= 11 is 1.34. The maximum absolute atomic E-state index is 12.4. The van der Waals surface area contributed by atoms with E-state index in [0.29, 0.717) is 27.4 Å². The monoisotopic (exact) mass is 380 g/mol. The topological polar surface area (TPSA) is 84.5 Å². The largest absolute Gasteiger partial charge is 0.465 e. The Morgan fingerprint density at radius 3 is 2.22 bits per heavy atom. The van der Waals surface area contributed by atoms with Gasteiger partial charge in [0.05, 0.1) is 17.6 Å². The highest BCUT2D eigenvalue weighted by molar-refractivity contribution is 7.12. The number of anilines is 2. The van der Waals surface area contributed by atoms with Crippen molar-refractivity contribution in [3.05, 3.63) is 82.0 Å². The van der Waals surface area contributed by atoms with Gasteiger partial charge in [0.15, 0.2) is 0 Å². The van der Waals surface area contributed by atoms with Crippen LogP contribution in [0.1, 0.15) is 30.4 Å². The minimum Gasteiger partial charge on any atom is -0.465 e. The zero-order valence-electron chi connectivity index (χ0n) is 14.4. The van der Waals surface area contributed by atoms with Crippen LogP contribution in [0.5, 0.6) is 0 Å². The van der Waals surface area contributed by atoms with Crippen LogP contribution in [0.15, 0.2) is 66.0 Å². The molecule has 0 fully saturated rings. The molecule has 6 nitrogen and oxygen atoms in total. The number of esters is 1. The highest BCUT2D eigenvalue weighted by Gasteiger charge is 2.11. The molecule has 2 N–H and O–H groups in total. The summed E-state index contributed by atoms with van der Waals surface area (Å²) in [7, 11) is 1.31. The van der Waals surface area contributed by atoms with E-state index in [1.807, 2.05) is 5.38 Å². The quantitative estimate of drug-likeness (QED) is 0.654. The third-order valence-corrected chi connectivity index (χ3v) is 4.56. The molecule has 0 aliphatic carbocycles. The second kappa shape index (κ2) is 8.29. The van der Waals surface area contributed by atoms with Crippen molar-refractivity contribution >= 4 is 40.5 Å². The number of carbonyl (C=O) groups is 3. The Morgan fingerprint density at radius 1 is 0.815 bits per heavy atom. The summed E-state index contributed by atoms with van der Waals surface area (Å²) in [6.45, 7) is 0. The number of rotatable bonds is 5. The highest BCUT2D eigenvalue weighted by atomic mass is 32.1. The van der Waals surface area contributed by atoms with E-state index in [1.54, 1.807) is 60.7 Å². The minimum absolute atomic E-state index is 0.221. The molecule has 3 aromatic rings. The van der Waals surface area contributed by atoms with Crippen LogP contribution in [-0.4, -0.2) is 24.9 Å². The van der Waals surface area contributed by atoms with E-state index in [0.717, 1.165) is 0 Å². The molecule has 1 aromatic heterocycles.